The van der Waals surface area contributed by atoms with E-state index < -0.39 is 0 Å². The molecule has 2 aliphatic heterocycles. The number of nitrogens with zero attached hydrogens (tertiary/aromatic N) is 2. The van der Waals surface area contributed by atoms with Crippen molar-refractivity contribution >= 4 is 23.1 Å². The van der Waals surface area contributed by atoms with Gasteiger partial charge in [-0.2, -0.15) is 0 Å². The van der Waals surface area contributed by atoms with Gasteiger partial charge in [0.1, 0.15) is 13.2 Å². The Morgan fingerprint density at radius 2 is 1.69 bits per heavy atom. The minimum atomic E-state index is 0.105. The summed E-state index contributed by atoms with van der Waals surface area (Å²) >= 11 is 6.28. The van der Waals surface area contributed by atoms with Crippen molar-refractivity contribution < 1.29 is 14.3 Å². The SMILES string of the molecule is O=C(CN1CCN(c2ccccc2Cl)CC1)c1ccc2c(c1)OCCO2. The Labute approximate surface area is 158 Å². The first-order valence-corrected chi connectivity index (χ1v) is 9.23. The molecule has 0 unspecified atom stereocenters. The van der Waals surface area contributed by atoms with E-state index in [1.54, 1.807) is 6.07 Å². The molecule has 0 bridgehead atoms. The Balaban J connectivity index is 1.35. The minimum absolute atomic E-state index is 0.105. The molecule has 1 fully saturated rings. The summed E-state index contributed by atoms with van der Waals surface area (Å²) in [5, 5.41) is 0.772. The van der Waals surface area contributed by atoms with Crippen molar-refractivity contribution in [2.45, 2.75) is 0 Å². The molecule has 0 amide bonds. The van der Waals surface area contributed by atoms with Crippen molar-refractivity contribution in [3.8, 4) is 11.5 Å². The van der Waals surface area contributed by atoms with E-state index in [4.69, 9.17) is 21.1 Å². The van der Waals surface area contributed by atoms with Crippen molar-refractivity contribution in [1.82, 2.24) is 4.90 Å². The number of halogens is 1. The van der Waals surface area contributed by atoms with Crippen LogP contribution < -0.4 is 14.4 Å². The van der Waals surface area contributed by atoms with Crippen LogP contribution in [0.25, 0.3) is 0 Å². The van der Waals surface area contributed by atoms with Gasteiger partial charge in [-0.25, -0.2) is 0 Å². The molecule has 2 aliphatic rings. The second-order valence-corrected chi connectivity index (χ2v) is 6.90. The van der Waals surface area contributed by atoms with Crippen molar-refractivity contribution in [3.05, 3.63) is 53.1 Å². The molecule has 0 aromatic heterocycles. The number of rotatable bonds is 4. The molecule has 1 saturated heterocycles. The van der Waals surface area contributed by atoms with Gasteiger partial charge in [0.15, 0.2) is 17.3 Å². The lowest BCUT2D eigenvalue weighted by Gasteiger charge is -2.36. The minimum Gasteiger partial charge on any atom is -0.486 e. The second kappa shape index (κ2) is 7.56. The number of hydrogen-bond acceptors (Lipinski definition) is 5. The number of anilines is 1. The van der Waals surface area contributed by atoms with Crippen LogP contribution in [0.15, 0.2) is 42.5 Å². The van der Waals surface area contributed by atoms with E-state index in [0.29, 0.717) is 36.8 Å². The van der Waals surface area contributed by atoms with Crippen molar-refractivity contribution in [2.24, 2.45) is 0 Å². The van der Waals surface area contributed by atoms with E-state index in [1.807, 2.05) is 36.4 Å². The third-order valence-corrected chi connectivity index (χ3v) is 5.12. The summed E-state index contributed by atoms with van der Waals surface area (Å²) in [5.41, 5.74) is 1.73. The number of carbonyl (C=O) groups excluding carboxylic acids is 1. The summed E-state index contributed by atoms with van der Waals surface area (Å²) in [4.78, 5) is 17.1. The summed E-state index contributed by atoms with van der Waals surface area (Å²) in [6.45, 7) is 4.87. The lowest BCUT2D eigenvalue weighted by atomic mass is 10.1. The van der Waals surface area contributed by atoms with Crippen LogP contribution in [-0.4, -0.2) is 56.6 Å². The molecule has 0 saturated carbocycles. The number of para-hydroxylation sites is 1. The Kier molecular flexibility index (Phi) is 5.00. The molecular formula is C20H21ClN2O3. The fourth-order valence-electron chi connectivity index (χ4n) is 3.37. The molecule has 6 heteroatoms. The van der Waals surface area contributed by atoms with E-state index in [1.165, 1.54) is 0 Å². The van der Waals surface area contributed by atoms with Gasteiger partial charge >= 0.3 is 0 Å². The third kappa shape index (κ3) is 3.64. The number of ether oxygens (including phenoxy) is 2. The zero-order chi connectivity index (χ0) is 17.9. The van der Waals surface area contributed by atoms with Crippen LogP contribution in [0.3, 0.4) is 0 Å². The van der Waals surface area contributed by atoms with Gasteiger partial charge < -0.3 is 14.4 Å². The Hall–Kier alpha value is -2.24. The van der Waals surface area contributed by atoms with Gasteiger partial charge in [0, 0.05) is 31.7 Å². The Morgan fingerprint density at radius 3 is 2.46 bits per heavy atom. The van der Waals surface area contributed by atoms with Gasteiger partial charge in [0.2, 0.25) is 0 Å². The summed E-state index contributed by atoms with van der Waals surface area (Å²) in [6, 6.07) is 13.3. The average molecular weight is 373 g/mol. The quantitative estimate of drug-likeness (QED) is 0.771. The largest absolute Gasteiger partial charge is 0.486 e. The number of benzene rings is 2. The zero-order valence-corrected chi connectivity index (χ0v) is 15.2. The normalized spacial score (nSPS) is 17.2. The van der Waals surface area contributed by atoms with Crippen LogP contribution in [-0.2, 0) is 0 Å². The van der Waals surface area contributed by atoms with Crippen LogP contribution in [0.1, 0.15) is 10.4 Å². The summed E-state index contributed by atoms with van der Waals surface area (Å²) < 4.78 is 11.1. The molecule has 0 spiro atoms. The number of ketones is 1. The zero-order valence-electron chi connectivity index (χ0n) is 14.5. The van der Waals surface area contributed by atoms with Gasteiger partial charge in [0.25, 0.3) is 0 Å². The number of Topliss-reactive ketones (excluding diaryl/α,β-unsaturated/α-hetero) is 1. The Bertz CT molecular complexity index is 803. The first kappa shape index (κ1) is 17.2. The van der Waals surface area contributed by atoms with Crippen molar-refractivity contribution in [2.75, 3.05) is 50.8 Å². The maximum absolute atomic E-state index is 12.6. The maximum atomic E-state index is 12.6. The number of fused-ring (bicyclic) bond motifs is 1. The molecular weight excluding hydrogens is 352 g/mol. The molecule has 2 aromatic rings. The highest BCUT2D eigenvalue weighted by atomic mass is 35.5. The topological polar surface area (TPSA) is 42.0 Å². The van der Waals surface area contributed by atoms with E-state index in [2.05, 4.69) is 9.80 Å². The predicted octanol–water partition coefficient (Wildman–Crippen LogP) is 3.12. The highest BCUT2D eigenvalue weighted by molar-refractivity contribution is 6.33. The van der Waals surface area contributed by atoms with Gasteiger partial charge in [-0.15, -0.1) is 0 Å². The van der Waals surface area contributed by atoms with Gasteiger partial charge in [0.05, 0.1) is 17.3 Å². The van der Waals surface area contributed by atoms with Crippen LogP contribution in [0.4, 0.5) is 5.69 Å². The molecule has 26 heavy (non-hydrogen) atoms. The van der Waals surface area contributed by atoms with Crippen LogP contribution in [0.5, 0.6) is 11.5 Å². The van der Waals surface area contributed by atoms with Gasteiger partial charge in [-0.3, -0.25) is 9.69 Å². The molecule has 0 radical (unpaired) electrons. The highest BCUT2D eigenvalue weighted by Crippen LogP contribution is 2.31. The summed E-state index contributed by atoms with van der Waals surface area (Å²) in [5.74, 6) is 1.47. The molecule has 0 N–H and O–H groups in total. The fraction of sp³-hybridized carbons (Fsp3) is 0.350. The number of carbonyl (C=O) groups is 1. The van der Waals surface area contributed by atoms with Crippen molar-refractivity contribution in [3.63, 3.8) is 0 Å². The number of piperazine rings is 1. The summed E-state index contributed by atoms with van der Waals surface area (Å²) in [6.07, 6.45) is 0. The first-order chi connectivity index (χ1) is 12.7. The maximum Gasteiger partial charge on any atom is 0.176 e. The molecule has 0 aliphatic carbocycles. The summed E-state index contributed by atoms with van der Waals surface area (Å²) in [7, 11) is 0. The van der Waals surface area contributed by atoms with E-state index in [9.17, 15) is 4.79 Å². The molecule has 2 aromatic carbocycles. The molecule has 5 nitrogen and oxygen atoms in total. The highest BCUT2D eigenvalue weighted by Gasteiger charge is 2.22. The average Bonchev–Trinajstić information content (AvgIpc) is 2.69. The molecule has 0 atom stereocenters. The second-order valence-electron chi connectivity index (χ2n) is 6.50. The third-order valence-electron chi connectivity index (χ3n) is 4.80. The lowest BCUT2D eigenvalue weighted by Crippen LogP contribution is -2.48. The van der Waals surface area contributed by atoms with Crippen molar-refractivity contribution in [1.29, 1.82) is 0 Å². The van der Waals surface area contributed by atoms with Crippen LogP contribution >= 0.6 is 11.6 Å². The number of hydrogen-bond donors (Lipinski definition) is 0. The van der Waals surface area contributed by atoms with E-state index in [0.717, 1.165) is 36.9 Å². The smallest absolute Gasteiger partial charge is 0.176 e. The van der Waals surface area contributed by atoms with Gasteiger partial charge in [-0.1, -0.05) is 23.7 Å². The monoisotopic (exact) mass is 372 g/mol. The fourth-order valence-corrected chi connectivity index (χ4v) is 3.62. The lowest BCUT2D eigenvalue weighted by molar-refractivity contribution is 0.0925. The Morgan fingerprint density at radius 1 is 0.962 bits per heavy atom. The van der Waals surface area contributed by atoms with E-state index >= 15 is 0 Å². The molecule has 4 rings (SSSR count). The van der Waals surface area contributed by atoms with Crippen LogP contribution in [0, 0.1) is 0 Å². The first-order valence-electron chi connectivity index (χ1n) is 8.85. The standard InChI is InChI=1S/C20H21ClN2O3/c21-16-3-1-2-4-17(16)23-9-7-22(8-10-23)14-18(24)15-5-6-19-20(13-15)26-12-11-25-19/h1-6,13H,7-12,14H2. The van der Waals surface area contributed by atoms with Crippen LogP contribution in [0.2, 0.25) is 5.02 Å². The molecule has 136 valence electrons. The predicted molar refractivity (Wildman–Crippen MR) is 102 cm³/mol. The van der Waals surface area contributed by atoms with Gasteiger partial charge in [-0.05, 0) is 30.3 Å². The molecule has 2 heterocycles. The van der Waals surface area contributed by atoms with E-state index in [-0.39, 0.29) is 5.78 Å².